The Morgan fingerprint density at radius 3 is 2.89 bits per heavy atom. The molecule has 0 spiro atoms. The molecule has 3 nitrogen and oxygen atoms in total. The van der Waals surface area contributed by atoms with Crippen molar-refractivity contribution in [3.63, 3.8) is 0 Å². The third kappa shape index (κ3) is 2.76. The number of thiazole rings is 1. The Kier molecular flexibility index (Phi) is 3.97. The molecule has 1 aromatic rings. The third-order valence-corrected chi connectivity index (χ3v) is 5.32. The van der Waals surface area contributed by atoms with Gasteiger partial charge in [-0.3, -0.25) is 0 Å². The Balaban J connectivity index is 1.57. The number of nitrogens with one attached hydrogen (secondary N) is 1. The molecule has 1 saturated carbocycles. The summed E-state index contributed by atoms with van der Waals surface area (Å²) in [6.45, 7) is 8.14. The Hall–Kier alpha value is -0.450. The van der Waals surface area contributed by atoms with E-state index in [2.05, 4.69) is 22.5 Å². The zero-order valence-electron chi connectivity index (χ0n) is 11.2. The van der Waals surface area contributed by atoms with E-state index in [4.69, 9.17) is 4.98 Å². The zero-order valence-corrected chi connectivity index (χ0v) is 12.0. The maximum Gasteiger partial charge on any atom is 0.0969 e. The van der Waals surface area contributed by atoms with Crippen molar-refractivity contribution in [2.75, 3.05) is 32.7 Å². The highest BCUT2D eigenvalue weighted by molar-refractivity contribution is 7.09. The standard InChI is InChI=1S/C14H23N3S/c1-11(9-17-7-5-15-6-8-17)14-16-13(10-18-14)12-3-2-4-12/h10-12,15H,2-9H2,1H3. The van der Waals surface area contributed by atoms with Gasteiger partial charge in [0.2, 0.25) is 0 Å². The molecule has 2 aliphatic rings. The molecule has 2 heterocycles. The van der Waals surface area contributed by atoms with E-state index in [-0.39, 0.29) is 0 Å². The summed E-state index contributed by atoms with van der Waals surface area (Å²) in [5.74, 6) is 1.36. The van der Waals surface area contributed by atoms with Gasteiger partial charge in [0.25, 0.3) is 0 Å². The van der Waals surface area contributed by atoms with E-state index in [0.29, 0.717) is 5.92 Å². The fraction of sp³-hybridized carbons (Fsp3) is 0.786. The lowest BCUT2D eigenvalue weighted by Gasteiger charge is -2.29. The van der Waals surface area contributed by atoms with Crippen LogP contribution in [-0.4, -0.2) is 42.6 Å². The first-order valence-corrected chi connectivity index (χ1v) is 8.09. The van der Waals surface area contributed by atoms with Crippen LogP contribution in [0.1, 0.15) is 48.7 Å². The summed E-state index contributed by atoms with van der Waals surface area (Å²) >= 11 is 1.87. The number of rotatable bonds is 4. The van der Waals surface area contributed by atoms with Gasteiger partial charge in [-0.05, 0) is 12.8 Å². The van der Waals surface area contributed by atoms with Crippen molar-refractivity contribution in [3.05, 3.63) is 16.1 Å². The molecular weight excluding hydrogens is 242 g/mol. The van der Waals surface area contributed by atoms with Crippen LogP contribution in [-0.2, 0) is 0 Å². The van der Waals surface area contributed by atoms with E-state index < -0.39 is 0 Å². The van der Waals surface area contributed by atoms with Crippen molar-refractivity contribution in [1.29, 1.82) is 0 Å². The molecule has 0 amide bonds. The van der Waals surface area contributed by atoms with E-state index in [9.17, 15) is 0 Å². The van der Waals surface area contributed by atoms with Crippen LogP contribution in [0.4, 0.5) is 0 Å². The lowest BCUT2D eigenvalue weighted by Crippen LogP contribution is -2.44. The molecule has 1 N–H and O–H groups in total. The van der Waals surface area contributed by atoms with E-state index in [0.717, 1.165) is 19.0 Å². The summed E-state index contributed by atoms with van der Waals surface area (Å²) in [5, 5.41) is 7.05. The molecule has 3 rings (SSSR count). The molecule has 4 heteroatoms. The number of hydrogen-bond donors (Lipinski definition) is 1. The maximum atomic E-state index is 4.87. The van der Waals surface area contributed by atoms with Gasteiger partial charge in [-0.2, -0.15) is 0 Å². The molecule has 1 saturated heterocycles. The number of nitrogens with zero attached hydrogens (tertiary/aromatic N) is 2. The smallest absolute Gasteiger partial charge is 0.0969 e. The van der Waals surface area contributed by atoms with Crippen LogP contribution in [0, 0.1) is 0 Å². The molecule has 100 valence electrons. The normalized spacial score (nSPS) is 23.8. The number of aromatic nitrogens is 1. The van der Waals surface area contributed by atoms with Gasteiger partial charge in [-0.25, -0.2) is 4.98 Å². The van der Waals surface area contributed by atoms with Crippen molar-refractivity contribution in [2.24, 2.45) is 0 Å². The molecule has 18 heavy (non-hydrogen) atoms. The van der Waals surface area contributed by atoms with Gasteiger partial charge in [0.05, 0.1) is 10.7 Å². The van der Waals surface area contributed by atoms with Gasteiger partial charge >= 0.3 is 0 Å². The van der Waals surface area contributed by atoms with Gasteiger partial charge in [0.1, 0.15) is 0 Å². The maximum absolute atomic E-state index is 4.87. The fourth-order valence-corrected chi connectivity index (χ4v) is 3.73. The molecule has 1 unspecified atom stereocenters. The molecule has 0 bridgehead atoms. The molecule has 1 atom stereocenters. The Bertz CT molecular complexity index is 380. The van der Waals surface area contributed by atoms with E-state index in [1.165, 1.54) is 49.6 Å². The fourth-order valence-electron chi connectivity index (χ4n) is 2.78. The van der Waals surface area contributed by atoms with Crippen molar-refractivity contribution >= 4 is 11.3 Å². The van der Waals surface area contributed by atoms with Crippen LogP contribution < -0.4 is 5.32 Å². The number of hydrogen-bond acceptors (Lipinski definition) is 4. The summed E-state index contributed by atoms with van der Waals surface area (Å²) < 4.78 is 0. The molecule has 1 aliphatic carbocycles. The summed E-state index contributed by atoms with van der Waals surface area (Å²) in [4.78, 5) is 7.43. The second-order valence-electron chi connectivity index (χ2n) is 5.69. The average molecular weight is 265 g/mol. The van der Waals surface area contributed by atoms with Crippen LogP contribution in [0.2, 0.25) is 0 Å². The summed E-state index contributed by atoms with van der Waals surface area (Å²) in [6.07, 6.45) is 4.11. The monoisotopic (exact) mass is 265 g/mol. The van der Waals surface area contributed by atoms with Gasteiger partial charge in [-0.1, -0.05) is 13.3 Å². The SMILES string of the molecule is CC(CN1CCNCC1)c1nc(C2CCC2)cs1. The van der Waals surface area contributed by atoms with E-state index in [1.54, 1.807) is 0 Å². The minimum absolute atomic E-state index is 0.585. The highest BCUT2D eigenvalue weighted by atomic mass is 32.1. The first-order valence-electron chi connectivity index (χ1n) is 7.21. The topological polar surface area (TPSA) is 28.2 Å². The summed E-state index contributed by atoms with van der Waals surface area (Å²) in [7, 11) is 0. The average Bonchev–Trinajstić information content (AvgIpc) is 2.77. The lowest BCUT2D eigenvalue weighted by molar-refractivity contribution is 0.230. The van der Waals surface area contributed by atoms with Crippen molar-refractivity contribution in [1.82, 2.24) is 15.2 Å². The second kappa shape index (κ2) is 5.68. The predicted molar refractivity (Wildman–Crippen MR) is 76.4 cm³/mol. The Labute approximate surface area is 114 Å². The minimum Gasteiger partial charge on any atom is -0.314 e. The van der Waals surface area contributed by atoms with Crippen LogP contribution in [0.15, 0.2) is 5.38 Å². The van der Waals surface area contributed by atoms with Gasteiger partial charge < -0.3 is 10.2 Å². The van der Waals surface area contributed by atoms with Gasteiger partial charge in [0, 0.05) is 49.9 Å². The number of piperazine rings is 1. The molecule has 0 aromatic carbocycles. The van der Waals surface area contributed by atoms with E-state index in [1.807, 2.05) is 11.3 Å². The van der Waals surface area contributed by atoms with Crippen molar-refractivity contribution in [3.8, 4) is 0 Å². The zero-order chi connectivity index (χ0) is 12.4. The molecule has 2 fully saturated rings. The molecular formula is C14H23N3S. The first kappa shape index (κ1) is 12.6. The van der Waals surface area contributed by atoms with Crippen molar-refractivity contribution in [2.45, 2.75) is 38.0 Å². The van der Waals surface area contributed by atoms with Crippen LogP contribution >= 0.6 is 11.3 Å². The Morgan fingerprint density at radius 2 is 2.22 bits per heavy atom. The first-order chi connectivity index (χ1) is 8.83. The third-order valence-electron chi connectivity index (χ3n) is 4.23. The summed E-state index contributed by atoms with van der Waals surface area (Å²) in [5.41, 5.74) is 1.37. The Morgan fingerprint density at radius 1 is 1.44 bits per heavy atom. The lowest BCUT2D eigenvalue weighted by atomic mass is 9.83. The predicted octanol–water partition coefficient (Wildman–Crippen LogP) is 2.42. The molecule has 1 aromatic heterocycles. The van der Waals surface area contributed by atoms with Gasteiger partial charge in [0.15, 0.2) is 0 Å². The highest BCUT2D eigenvalue weighted by Crippen LogP contribution is 2.37. The second-order valence-corrected chi connectivity index (χ2v) is 6.58. The molecule has 0 radical (unpaired) electrons. The largest absolute Gasteiger partial charge is 0.314 e. The van der Waals surface area contributed by atoms with Crippen LogP contribution in [0.3, 0.4) is 0 Å². The van der Waals surface area contributed by atoms with Gasteiger partial charge in [-0.15, -0.1) is 11.3 Å². The molecule has 1 aliphatic heterocycles. The summed E-state index contributed by atoms with van der Waals surface area (Å²) in [6, 6.07) is 0. The minimum atomic E-state index is 0.585. The van der Waals surface area contributed by atoms with E-state index >= 15 is 0 Å². The van der Waals surface area contributed by atoms with Crippen LogP contribution in [0.25, 0.3) is 0 Å². The highest BCUT2D eigenvalue weighted by Gasteiger charge is 2.23. The van der Waals surface area contributed by atoms with Crippen LogP contribution in [0.5, 0.6) is 0 Å². The quantitative estimate of drug-likeness (QED) is 0.906. The van der Waals surface area contributed by atoms with Crippen molar-refractivity contribution < 1.29 is 0 Å².